The minimum atomic E-state index is -3.63. The second-order valence-corrected chi connectivity index (χ2v) is 8.51. The van der Waals surface area contributed by atoms with E-state index >= 15 is 0 Å². The molecule has 0 aliphatic carbocycles. The number of sulfonamides is 1. The first kappa shape index (κ1) is 22.2. The van der Waals surface area contributed by atoms with Crippen molar-refractivity contribution in [2.75, 3.05) is 26.1 Å². The quantitative estimate of drug-likeness (QED) is 0.501. The van der Waals surface area contributed by atoms with Gasteiger partial charge < -0.3 is 14.2 Å². The van der Waals surface area contributed by atoms with Crippen LogP contribution in [-0.2, 0) is 10.0 Å². The molecule has 0 atom stereocenters. The summed E-state index contributed by atoms with van der Waals surface area (Å²) < 4.78 is 43.7. The Morgan fingerprint density at radius 1 is 0.742 bits per heavy atom. The van der Waals surface area contributed by atoms with Gasteiger partial charge in [0.15, 0.2) is 11.5 Å². The van der Waals surface area contributed by atoms with Crippen LogP contribution < -0.4 is 18.9 Å². The molecule has 0 amide bonds. The molecule has 0 heterocycles. The van der Waals surface area contributed by atoms with E-state index in [1.165, 1.54) is 0 Å². The fraction of sp³-hybridized carbons (Fsp3) is 0.167. The molecule has 1 N–H and O–H groups in total. The minimum Gasteiger partial charge on any atom is -0.493 e. The Bertz CT molecular complexity index is 1140. The van der Waals surface area contributed by atoms with Crippen LogP contribution in [0.5, 0.6) is 17.2 Å². The number of hydrogen-bond donors (Lipinski definition) is 1. The first-order valence-electron chi connectivity index (χ1n) is 9.54. The third-order valence-corrected chi connectivity index (χ3v) is 6.05. The van der Waals surface area contributed by atoms with E-state index in [4.69, 9.17) is 14.2 Å². The summed E-state index contributed by atoms with van der Waals surface area (Å²) in [5.74, 6) is 1.68. The van der Waals surface area contributed by atoms with Gasteiger partial charge in [0.1, 0.15) is 0 Å². The lowest BCUT2D eigenvalue weighted by Gasteiger charge is -2.12. The molecule has 0 saturated carbocycles. The Morgan fingerprint density at radius 3 is 1.81 bits per heavy atom. The molecule has 0 radical (unpaired) electrons. The van der Waals surface area contributed by atoms with Gasteiger partial charge in [-0.15, -0.1) is 0 Å². The maximum atomic E-state index is 12.5. The summed E-state index contributed by atoms with van der Waals surface area (Å²) in [5, 5.41) is 0. The predicted octanol–water partition coefficient (Wildman–Crippen LogP) is 4.99. The van der Waals surface area contributed by atoms with Crippen LogP contribution >= 0.6 is 0 Å². The lowest BCUT2D eigenvalue weighted by Crippen LogP contribution is -2.12. The third-order valence-electron chi connectivity index (χ3n) is 4.65. The normalized spacial score (nSPS) is 11.4. The fourth-order valence-electron chi connectivity index (χ4n) is 2.98. The molecule has 3 rings (SSSR count). The first-order valence-corrected chi connectivity index (χ1v) is 11.0. The number of anilines is 1. The van der Waals surface area contributed by atoms with Gasteiger partial charge in [0.05, 0.1) is 26.2 Å². The maximum absolute atomic E-state index is 12.5. The lowest BCUT2D eigenvalue weighted by atomic mass is 10.1. The molecule has 0 aromatic heterocycles. The van der Waals surface area contributed by atoms with E-state index in [2.05, 4.69) is 4.72 Å². The zero-order valence-electron chi connectivity index (χ0n) is 17.9. The topological polar surface area (TPSA) is 73.9 Å². The van der Waals surface area contributed by atoms with Crippen molar-refractivity contribution in [3.05, 3.63) is 77.4 Å². The number of benzene rings is 3. The van der Waals surface area contributed by atoms with Gasteiger partial charge in [0, 0.05) is 5.69 Å². The van der Waals surface area contributed by atoms with Crippen molar-refractivity contribution in [3.8, 4) is 17.2 Å². The SMILES string of the molecule is COc1cc(C=Cc2ccc(NS(=O)(=O)c3ccc(C)cc3)cc2)cc(OC)c1OC. The molecule has 7 heteroatoms. The van der Waals surface area contributed by atoms with Crippen molar-refractivity contribution in [1.29, 1.82) is 0 Å². The van der Waals surface area contributed by atoms with E-state index in [1.807, 2.05) is 43.3 Å². The molecular formula is C24H25NO5S. The number of rotatable bonds is 8. The van der Waals surface area contributed by atoms with Gasteiger partial charge in [-0.3, -0.25) is 4.72 Å². The first-order chi connectivity index (χ1) is 14.9. The summed E-state index contributed by atoms with van der Waals surface area (Å²) in [6.07, 6.45) is 3.83. The fourth-order valence-corrected chi connectivity index (χ4v) is 4.04. The summed E-state index contributed by atoms with van der Waals surface area (Å²) in [6.45, 7) is 1.91. The van der Waals surface area contributed by atoms with E-state index in [0.29, 0.717) is 22.9 Å². The molecule has 0 unspecified atom stereocenters. The van der Waals surface area contributed by atoms with Gasteiger partial charge >= 0.3 is 0 Å². The van der Waals surface area contributed by atoms with Crippen LogP contribution in [0.4, 0.5) is 5.69 Å². The second-order valence-electron chi connectivity index (χ2n) is 6.83. The maximum Gasteiger partial charge on any atom is 0.261 e. The van der Waals surface area contributed by atoms with Crippen LogP contribution in [0.25, 0.3) is 12.2 Å². The Hall–Kier alpha value is -3.45. The smallest absolute Gasteiger partial charge is 0.261 e. The standard InChI is InChI=1S/C24H25NO5S/c1-17-5-13-21(14-6-17)31(26,27)25-20-11-9-18(10-12-20)7-8-19-15-22(28-2)24(30-4)23(16-19)29-3/h5-16,25H,1-4H3. The molecule has 3 aromatic carbocycles. The van der Waals surface area contributed by atoms with Crippen LogP contribution in [-0.4, -0.2) is 29.7 Å². The van der Waals surface area contributed by atoms with Gasteiger partial charge in [-0.25, -0.2) is 8.42 Å². The summed E-state index contributed by atoms with van der Waals surface area (Å²) >= 11 is 0. The highest BCUT2D eigenvalue weighted by Crippen LogP contribution is 2.38. The molecule has 0 aliphatic heterocycles. The van der Waals surface area contributed by atoms with Gasteiger partial charge in [0.25, 0.3) is 10.0 Å². The van der Waals surface area contributed by atoms with E-state index < -0.39 is 10.0 Å². The summed E-state index contributed by atoms with van der Waals surface area (Å²) in [6, 6.07) is 17.5. The predicted molar refractivity (Wildman–Crippen MR) is 123 cm³/mol. The molecule has 0 saturated heterocycles. The van der Waals surface area contributed by atoms with E-state index in [-0.39, 0.29) is 4.90 Å². The molecule has 0 fully saturated rings. The molecule has 0 spiro atoms. The Labute approximate surface area is 183 Å². The summed E-state index contributed by atoms with van der Waals surface area (Å²) in [7, 11) is 1.07. The highest BCUT2D eigenvalue weighted by molar-refractivity contribution is 7.92. The Balaban J connectivity index is 1.76. The van der Waals surface area contributed by atoms with Gasteiger partial charge in [-0.1, -0.05) is 42.0 Å². The number of aryl methyl sites for hydroxylation is 1. The van der Waals surface area contributed by atoms with Crippen molar-refractivity contribution in [1.82, 2.24) is 0 Å². The Morgan fingerprint density at radius 2 is 1.29 bits per heavy atom. The third kappa shape index (κ3) is 5.38. The van der Waals surface area contributed by atoms with Gasteiger partial charge in [-0.05, 0) is 54.4 Å². The summed E-state index contributed by atoms with van der Waals surface area (Å²) in [4.78, 5) is 0.226. The van der Waals surface area contributed by atoms with E-state index in [1.54, 1.807) is 57.7 Å². The highest BCUT2D eigenvalue weighted by Gasteiger charge is 2.14. The zero-order valence-corrected chi connectivity index (χ0v) is 18.7. The van der Waals surface area contributed by atoms with E-state index in [0.717, 1.165) is 16.7 Å². The average Bonchev–Trinajstić information content (AvgIpc) is 2.77. The monoisotopic (exact) mass is 439 g/mol. The zero-order chi connectivity index (χ0) is 22.4. The van der Waals surface area contributed by atoms with Crippen LogP contribution in [0, 0.1) is 6.92 Å². The van der Waals surface area contributed by atoms with Crippen LogP contribution in [0.2, 0.25) is 0 Å². The summed E-state index contributed by atoms with van der Waals surface area (Å²) in [5.41, 5.74) is 3.28. The van der Waals surface area contributed by atoms with Crippen molar-refractivity contribution in [3.63, 3.8) is 0 Å². The second kappa shape index (κ2) is 9.57. The molecule has 3 aromatic rings. The molecular weight excluding hydrogens is 414 g/mol. The van der Waals surface area contributed by atoms with E-state index in [9.17, 15) is 8.42 Å². The molecule has 0 aliphatic rings. The number of ether oxygens (including phenoxy) is 3. The van der Waals surface area contributed by atoms with Crippen molar-refractivity contribution < 1.29 is 22.6 Å². The Kier molecular flexibility index (Phi) is 6.87. The molecule has 31 heavy (non-hydrogen) atoms. The lowest BCUT2D eigenvalue weighted by molar-refractivity contribution is 0.324. The van der Waals surface area contributed by atoms with Crippen molar-refractivity contribution in [2.45, 2.75) is 11.8 Å². The van der Waals surface area contributed by atoms with Crippen molar-refractivity contribution in [2.24, 2.45) is 0 Å². The minimum absolute atomic E-state index is 0.226. The van der Waals surface area contributed by atoms with Crippen molar-refractivity contribution >= 4 is 27.9 Å². The average molecular weight is 440 g/mol. The number of hydrogen-bond acceptors (Lipinski definition) is 5. The highest BCUT2D eigenvalue weighted by atomic mass is 32.2. The van der Waals surface area contributed by atoms with Gasteiger partial charge in [0.2, 0.25) is 5.75 Å². The van der Waals surface area contributed by atoms with Crippen LogP contribution in [0.1, 0.15) is 16.7 Å². The van der Waals surface area contributed by atoms with Gasteiger partial charge in [-0.2, -0.15) is 0 Å². The number of methoxy groups -OCH3 is 3. The molecule has 0 bridgehead atoms. The largest absolute Gasteiger partial charge is 0.493 e. The van der Waals surface area contributed by atoms with Crippen LogP contribution in [0.3, 0.4) is 0 Å². The molecule has 162 valence electrons. The molecule has 6 nitrogen and oxygen atoms in total. The van der Waals surface area contributed by atoms with Crippen LogP contribution in [0.15, 0.2) is 65.6 Å². The number of nitrogens with one attached hydrogen (secondary N) is 1.